The van der Waals surface area contributed by atoms with E-state index in [2.05, 4.69) is 6.07 Å². The van der Waals surface area contributed by atoms with Crippen molar-refractivity contribution in [1.82, 2.24) is 4.90 Å². The molecule has 1 amide bonds. The third-order valence-corrected chi connectivity index (χ3v) is 3.86. The van der Waals surface area contributed by atoms with Crippen LogP contribution in [-0.2, 0) is 6.54 Å². The molecule has 0 radical (unpaired) electrons. The Morgan fingerprint density at radius 3 is 2.50 bits per heavy atom. The number of nitro groups is 1. The van der Waals surface area contributed by atoms with Gasteiger partial charge >= 0.3 is 5.69 Å². The predicted octanol–water partition coefficient (Wildman–Crippen LogP) is 3.53. The fourth-order valence-corrected chi connectivity index (χ4v) is 2.58. The molecule has 0 aliphatic carbocycles. The van der Waals surface area contributed by atoms with Crippen LogP contribution in [0.1, 0.15) is 34.8 Å². The molecule has 0 unspecified atom stereocenters. The largest absolute Gasteiger partial charge is 0.490 e. The van der Waals surface area contributed by atoms with Gasteiger partial charge in [-0.15, -0.1) is 0 Å². The van der Waals surface area contributed by atoms with E-state index in [4.69, 9.17) is 10.00 Å². The normalized spacial score (nSPS) is 10.0. The fourth-order valence-electron chi connectivity index (χ4n) is 2.58. The summed E-state index contributed by atoms with van der Waals surface area (Å²) in [6.07, 6.45) is 0.750. The molecule has 0 N–H and O–H groups in total. The average Bonchev–Trinajstić information content (AvgIpc) is 2.67. The van der Waals surface area contributed by atoms with Crippen LogP contribution in [0.2, 0.25) is 0 Å². The van der Waals surface area contributed by atoms with Gasteiger partial charge in [0.05, 0.1) is 23.7 Å². The summed E-state index contributed by atoms with van der Waals surface area (Å²) in [4.78, 5) is 25.1. The van der Waals surface area contributed by atoms with Crippen molar-refractivity contribution >= 4 is 11.6 Å². The number of ether oxygens (including phenoxy) is 1. The highest BCUT2D eigenvalue weighted by Crippen LogP contribution is 2.28. The van der Waals surface area contributed by atoms with Crippen molar-refractivity contribution in [3.8, 4) is 11.8 Å². The first-order chi connectivity index (χ1) is 12.5. The number of hydrogen-bond donors (Lipinski definition) is 0. The summed E-state index contributed by atoms with van der Waals surface area (Å²) >= 11 is 0. The number of carbonyl (C=O) groups excluding carboxylic acids is 1. The third kappa shape index (κ3) is 4.36. The Bertz CT molecular complexity index is 841. The Labute approximate surface area is 151 Å². The molecule has 2 aromatic rings. The quantitative estimate of drug-likeness (QED) is 0.560. The lowest BCUT2D eigenvalue weighted by Crippen LogP contribution is -2.31. The van der Waals surface area contributed by atoms with E-state index in [1.54, 1.807) is 29.2 Å². The first kappa shape index (κ1) is 18.9. The van der Waals surface area contributed by atoms with Crippen LogP contribution < -0.4 is 4.74 Å². The molecule has 0 aromatic heterocycles. The van der Waals surface area contributed by atoms with E-state index >= 15 is 0 Å². The monoisotopic (exact) mass is 353 g/mol. The summed E-state index contributed by atoms with van der Waals surface area (Å²) in [6, 6.07) is 13.2. The number of carbonyl (C=O) groups is 1. The number of methoxy groups -OCH3 is 1. The Hall–Kier alpha value is -3.40. The molecule has 0 bridgehead atoms. The highest BCUT2D eigenvalue weighted by atomic mass is 16.6. The summed E-state index contributed by atoms with van der Waals surface area (Å²) in [5.74, 6) is -0.178. The van der Waals surface area contributed by atoms with Gasteiger partial charge in [-0.05, 0) is 36.2 Å². The van der Waals surface area contributed by atoms with E-state index in [1.807, 2.05) is 6.92 Å². The van der Waals surface area contributed by atoms with Crippen molar-refractivity contribution in [2.75, 3.05) is 13.7 Å². The van der Waals surface area contributed by atoms with Crippen LogP contribution in [0.4, 0.5) is 5.69 Å². The minimum absolute atomic E-state index is 0.112. The zero-order valence-electron chi connectivity index (χ0n) is 14.6. The summed E-state index contributed by atoms with van der Waals surface area (Å²) < 4.78 is 4.97. The van der Waals surface area contributed by atoms with Crippen molar-refractivity contribution in [1.29, 1.82) is 5.26 Å². The lowest BCUT2D eigenvalue weighted by molar-refractivity contribution is -0.385. The highest BCUT2D eigenvalue weighted by molar-refractivity contribution is 5.95. The van der Waals surface area contributed by atoms with E-state index < -0.39 is 4.92 Å². The maximum atomic E-state index is 12.8. The molecular formula is C19H19N3O4. The first-order valence-corrected chi connectivity index (χ1v) is 8.10. The van der Waals surface area contributed by atoms with Crippen molar-refractivity contribution < 1.29 is 14.5 Å². The standard InChI is InChI=1S/C19H19N3O4/c1-3-10-21(13-15-6-4-14(12-20)5-7-15)19(23)16-8-9-18(26-2)17(11-16)22(24)25/h4-9,11H,3,10,13H2,1-2H3. The molecule has 2 rings (SSSR count). The molecule has 0 atom stereocenters. The summed E-state index contributed by atoms with van der Waals surface area (Å²) in [5.41, 5.74) is 1.43. The van der Waals surface area contributed by atoms with Crippen LogP contribution in [-0.4, -0.2) is 29.4 Å². The maximum absolute atomic E-state index is 12.8. The smallest absolute Gasteiger partial charge is 0.311 e. The molecule has 0 fully saturated rings. The molecule has 0 aliphatic heterocycles. The Balaban J connectivity index is 2.28. The minimum atomic E-state index is -0.569. The molecule has 0 spiro atoms. The zero-order valence-corrected chi connectivity index (χ0v) is 14.6. The second kappa shape index (κ2) is 8.62. The van der Waals surface area contributed by atoms with E-state index in [1.165, 1.54) is 25.3 Å². The molecule has 26 heavy (non-hydrogen) atoms. The predicted molar refractivity (Wildman–Crippen MR) is 95.8 cm³/mol. The highest BCUT2D eigenvalue weighted by Gasteiger charge is 2.21. The molecule has 0 heterocycles. The number of rotatable bonds is 7. The van der Waals surface area contributed by atoms with Gasteiger partial charge in [0.1, 0.15) is 0 Å². The number of hydrogen-bond acceptors (Lipinski definition) is 5. The number of nitriles is 1. The van der Waals surface area contributed by atoms with Crippen molar-refractivity contribution in [3.63, 3.8) is 0 Å². The van der Waals surface area contributed by atoms with Crippen LogP contribution in [0.5, 0.6) is 5.75 Å². The second-order valence-electron chi connectivity index (χ2n) is 5.68. The minimum Gasteiger partial charge on any atom is -0.490 e. The number of nitro benzene ring substituents is 1. The summed E-state index contributed by atoms with van der Waals surface area (Å²) in [6.45, 7) is 2.83. The first-order valence-electron chi connectivity index (χ1n) is 8.10. The van der Waals surface area contributed by atoms with E-state index in [0.717, 1.165) is 12.0 Å². The Morgan fingerprint density at radius 2 is 1.96 bits per heavy atom. The van der Waals surface area contributed by atoms with Crippen LogP contribution in [0.25, 0.3) is 0 Å². The molecule has 7 nitrogen and oxygen atoms in total. The molecule has 7 heteroatoms. The maximum Gasteiger partial charge on any atom is 0.311 e. The van der Waals surface area contributed by atoms with Gasteiger partial charge in [0.15, 0.2) is 5.75 Å². The van der Waals surface area contributed by atoms with Crippen LogP contribution in [0, 0.1) is 21.4 Å². The van der Waals surface area contributed by atoms with Gasteiger partial charge in [-0.25, -0.2) is 0 Å². The molecule has 2 aromatic carbocycles. The molecular weight excluding hydrogens is 334 g/mol. The molecule has 134 valence electrons. The molecule has 0 saturated heterocycles. The number of nitrogens with zero attached hydrogens (tertiary/aromatic N) is 3. The van der Waals surface area contributed by atoms with E-state index in [-0.39, 0.29) is 22.9 Å². The number of benzene rings is 2. The van der Waals surface area contributed by atoms with Crippen LogP contribution >= 0.6 is 0 Å². The summed E-state index contributed by atoms with van der Waals surface area (Å²) in [7, 11) is 1.35. The van der Waals surface area contributed by atoms with Gasteiger partial charge in [-0.3, -0.25) is 14.9 Å². The van der Waals surface area contributed by atoms with Gasteiger partial charge in [-0.2, -0.15) is 5.26 Å². The van der Waals surface area contributed by atoms with Gasteiger partial charge in [-0.1, -0.05) is 19.1 Å². The van der Waals surface area contributed by atoms with Crippen molar-refractivity contribution in [3.05, 3.63) is 69.3 Å². The molecule has 0 aliphatic rings. The Morgan fingerprint density at radius 1 is 1.27 bits per heavy atom. The van der Waals surface area contributed by atoms with Crippen molar-refractivity contribution in [2.45, 2.75) is 19.9 Å². The lowest BCUT2D eigenvalue weighted by atomic mass is 10.1. The summed E-state index contributed by atoms with van der Waals surface area (Å²) in [5, 5.41) is 20.0. The van der Waals surface area contributed by atoms with Gasteiger partial charge in [0.2, 0.25) is 0 Å². The van der Waals surface area contributed by atoms with E-state index in [9.17, 15) is 14.9 Å². The Kier molecular flexibility index (Phi) is 6.28. The lowest BCUT2D eigenvalue weighted by Gasteiger charge is -2.22. The van der Waals surface area contributed by atoms with Gasteiger partial charge in [0, 0.05) is 24.7 Å². The average molecular weight is 353 g/mol. The van der Waals surface area contributed by atoms with E-state index in [0.29, 0.717) is 18.7 Å². The van der Waals surface area contributed by atoms with Gasteiger partial charge in [0.25, 0.3) is 5.91 Å². The topological polar surface area (TPSA) is 96.5 Å². The van der Waals surface area contributed by atoms with Gasteiger partial charge < -0.3 is 9.64 Å². The van der Waals surface area contributed by atoms with Crippen molar-refractivity contribution in [2.24, 2.45) is 0 Å². The van der Waals surface area contributed by atoms with Crippen LogP contribution in [0.15, 0.2) is 42.5 Å². The van der Waals surface area contributed by atoms with Crippen LogP contribution in [0.3, 0.4) is 0 Å². The number of amides is 1. The fraction of sp³-hybridized carbons (Fsp3) is 0.263. The second-order valence-corrected chi connectivity index (χ2v) is 5.68. The SMILES string of the molecule is CCCN(Cc1ccc(C#N)cc1)C(=O)c1ccc(OC)c([N+](=O)[O-])c1. The third-order valence-electron chi connectivity index (χ3n) is 3.86. The zero-order chi connectivity index (χ0) is 19.1. The molecule has 0 saturated carbocycles.